The Hall–Kier alpha value is 0.260. The summed E-state index contributed by atoms with van der Waals surface area (Å²) in [5, 5.41) is 0.619. The maximum atomic E-state index is 12.3. The van der Waals surface area contributed by atoms with Crippen LogP contribution in [0, 0.1) is 0 Å². The summed E-state index contributed by atoms with van der Waals surface area (Å²) in [5.74, 6) is 0. The van der Waals surface area contributed by atoms with Gasteiger partial charge in [0.25, 0.3) is 6.43 Å². The lowest BCUT2D eigenvalue weighted by Crippen LogP contribution is -1.94. The van der Waals surface area contributed by atoms with Crippen LogP contribution >= 0.6 is 43.5 Å². The topological polar surface area (TPSA) is 12.9 Å². The van der Waals surface area contributed by atoms with E-state index in [1.54, 1.807) is 0 Å². The molecule has 0 amide bonds. The van der Waals surface area contributed by atoms with Crippen molar-refractivity contribution in [3.63, 3.8) is 0 Å². The number of pyridine rings is 1. The maximum absolute atomic E-state index is 12.3. The van der Waals surface area contributed by atoms with E-state index in [0.29, 0.717) is 15.4 Å². The highest BCUT2D eigenvalue weighted by atomic mass is 79.9. The first kappa shape index (κ1) is 11.3. The molecule has 0 aliphatic carbocycles. The number of rotatable bonds is 2. The molecule has 13 heavy (non-hydrogen) atoms. The third kappa shape index (κ3) is 2.39. The van der Waals surface area contributed by atoms with Crippen LogP contribution in [-0.2, 0) is 5.33 Å². The zero-order chi connectivity index (χ0) is 10.0. The van der Waals surface area contributed by atoms with E-state index in [1.165, 1.54) is 0 Å². The largest absolute Gasteiger partial charge is 0.266 e. The molecule has 0 aliphatic heterocycles. The van der Waals surface area contributed by atoms with Gasteiger partial charge in [0.05, 0.1) is 5.56 Å². The molecule has 1 heterocycles. The van der Waals surface area contributed by atoms with Gasteiger partial charge in [0.1, 0.15) is 5.15 Å². The molecule has 0 N–H and O–H groups in total. The van der Waals surface area contributed by atoms with Gasteiger partial charge >= 0.3 is 0 Å². The summed E-state index contributed by atoms with van der Waals surface area (Å²) in [4.78, 5) is 3.66. The molecule has 0 radical (unpaired) electrons. The van der Waals surface area contributed by atoms with Crippen LogP contribution in [0.15, 0.2) is 10.7 Å². The molecule has 6 heteroatoms. The molecule has 1 nitrogen and oxygen atoms in total. The van der Waals surface area contributed by atoms with Gasteiger partial charge < -0.3 is 0 Å². The van der Waals surface area contributed by atoms with Crippen LogP contribution in [-0.4, -0.2) is 4.98 Å². The Kier molecular flexibility index (Phi) is 4.06. The van der Waals surface area contributed by atoms with Crippen molar-refractivity contribution in [3.05, 3.63) is 26.9 Å². The van der Waals surface area contributed by atoms with Gasteiger partial charge in [0.15, 0.2) is 0 Å². The Morgan fingerprint density at radius 3 is 2.62 bits per heavy atom. The van der Waals surface area contributed by atoms with Crippen LogP contribution in [0.1, 0.15) is 17.6 Å². The van der Waals surface area contributed by atoms with Crippen LogP contribution in [0.2, 0.25) is 5.15 Å². The van der Waals surface area contributed by atoms with Crippen molar-refractivity contribution in [2.24, 2.45) is 0 Å². The summed E-state index contributed by atoms with van der Waals surface area (Å²) in [5.41, 5.74) is 0.401. The highest BCUT2D eigenvalue weighted by Gasteiger charge is 2.16. The molecular weight excluding hydrogens is 331 g/mol. The first-order chi connectivity index (χ1) is 6.07. The normalized spacial score (nSPS) is 10.9. The molecule has 0 aliphatic rings. The summed E-state index contributed by atoms with van der Waals surface area (Å²) in [7, 11) is 0. The van der Waals surface area contributed by atoms with Gasteiger partial charge in [-0.05, 0) is 15.9 Å². The van der Waals surface area contributed by atoms with Gasteiger partial charge in [-0.1, -0.05) is 27.5 Å². The summed E-state index contributed by atoms with van der Waals surface area (Å²) in [6.07, 6.45) is -1.47. The molecule has 0 unspecified atom stereocenters. The molecule has 1 aromatic rings. The molecule has 0 aromatic carbocycles. The van der Waals surface area contributed by atoms with Crippen LogP contribution in [0.4, 0.5) is 8.78 Å². The van der Waals surface area contributed by atoms with Gasteiger partial charge in [-0.3, -0.25) is 0 Å². The fourth-order valence-corrected chi connectivity index (χ4v) is 2.80. The number of halogens is 5. The highest BCUT2D eigenvalue weighted by molar-refractivity contribution is 9.10. The van der Waals surface area contributed by atoms with Crippen LogP contribution in [0.25, 0.3) is 0 Å². The quantitative estimate of drug-likeness (QED) is 0.579. The van der Waals surface area contributed by atoms with Crippen LogP contribution < -0.4 is 0 Å². The minimum absolute atomic E-state index is 0.140. The molecule has 1 rings (SSSR count). The minimum Gasteiger partial charge on any atom is -0.244 e. The predicted molar refractivity (Wildman–Crippen MR) is 54.5 cm³/mol. The summed E-state index contributed by atoms with van der Waals surface area (Å²) >= 11 is 11.9. The maximum Gasteiger partial charge on any atom is 0.266 e. The zero-order valence-electron chi connectivity index (χ0n) is 6.20. The van der Waals surface area contributed by atoms with E-state index >= 15 is 0 Å². The molecule has 0 atom stereocenters. The Labute approximate surface area is 95.8 Å². The molecule has 0 fully saturated rings. The van der Waals surface area contributed by atoms with Crippen molar-refractivity contribution in [2.75, 3.05) is 0 Å². The van der Waals surface area contributed by atoms with Crippen molar-refractivity contribution in [2.45, 2.75) is 11.8 Å². The Bertz CT molecular complexity index is 320. The zero-order valence-corrected chi connectivity index (χ0v) is 10.1. The van der Waals surface area contributed by atoms with E-state index < -0.39 is 6.43 Å². The lowest BCUT2D eigenvalue weighted by molar-refractivity contribution is 0.150. The second kappa shape index (κ2) is 4.66. The van der Waals surface area contributed by atoms with E-state index in [4.69, 9.17) is 11.6 Å². The molecule has 1 aromatic heterocycles. The van der Waals surface area contributed by atoms with Crippen molar-refractivity contribution in [3.8, 4) is 0 Å². The average molecular weight is 335 g/mol. The van der Waals surface area contributed by atoms with E-state index in [1.807, 2.05) is 0 Å². The minimum atomic E-state index is -2.54. The van der Waals surface area contributed by atoms with Crippen molar-refractivity contribution < 1.29 is 8.78 Å². The van der Waals surface area contributed by atoms with Gasteiger partial charge in [0, 0.05) is 21.6 Å². The molecule has 0 bridgehead atoms. The third-order valence-electron chi connectivity index (χ3n) is 1.45. The van der Waals surface area contributed by atoms with Gasteiger partial charge in [0.2, 0.25) is 0 Å². The number of hydrogen-bond donors (Lipinski definition) is 0. The summed E-state index contributed by atoms with van der Waals surface area (Å²) < 4.78 is 25.0. The first-order valence-electron chi connectivity index (χ1n) is 3.24. The van der Waals surface area contributed by atoms with Crippen molar-refractivity contribution in [1.82, 2.24) is 4.98 Å². The predicted octanol–water partition coefficient (Wildman–Crippen LogP) is 4.33. The lowest BCUT2D eigenvalue weighted by atomic mass is 10.2. The second-order valence-corrected chi connectivity index (χ2v) is 3.94. The molecule has 0 saturated carbocycles. The molecular formula is C7H4Br2ClF2N. The standard InChI is InChI=1S/C7H4Br2ClF2N/c8-1-3-5(9)4(7(11)12)2-13-6(3)10/h2,7H,1H2. The smallest absolute Gasteiger partial charge is 0.244 e. The average Bonchev–Trinajstić information content (AvgIpc) is 2.04. The molecule has 72 valence electrons. The molecule has 0 spiro atoms. The van der Waals surface area contributed by atoms with E-state index in [9.17, 15) is 8.78 Å². The van der Waals surface area contributed by atoms with E-state index in [0.717, 1.165) is 6.20 Å². The Morgan fingerprint density at radius 1 is 1.54 bits per heavy atom. The van der Waals surface area contributed by atoms with Crippen molar-refractivity contribution in [1.29, 1.82) is 0 Å². The van der Waals surface area contributed by atoms with Gasteiger partial charge in [-0.25, -0.2) is 13.8 Å². The second-order valence-electron chi connectivity index (χ2n) is 2.23. The third-order valence-corrected chi connectivity index (χ3v) is 3.28. The Balaban J connectivity index is 3.27. The molecule has 0 saturated heterocycles. The van der Waals surface area contributed by atoms with Crippen LogP contribution in [0.3, 0.4) is 0 Å². The number of nitrogens with zero attached hydrogens (tertiary/aromatic N) is 1. The Morgan fingerprint density at radius 2 is 2.15 bits per heavy atom. The van der Waals surface area contributed by atoms with Gasteiger partial charge in [-0.15, -0.1) is 0 Å². The number of alkyl halides is 3. The first-order valence-corrected chi connectivity index (χ1v) is 5.54. The van der Waals surface area contributed by atoms with Crippen molar-refractivity contribution >= 4 is 43.5 Å². The summed E-state index contributed by atoms with van der Waals surface area (Å²) in [6.45, 7) is 0. The fourth-order valence-electron chi connectivity index (χ4n) is 0.792. The SMILES string of the molecule is FC(F)c1cnc(Cl)c(CBr)c1Br. The number of hydrogen-bond acceptors (Lipinski definition) is 1. The van der Waals surface area contributed by atoms with Gasteiger partial charge in [-0.2, -0.15) is 0 Å². The van der Waals surface area contributed by atoms with E-state index in [-0.39, 0.29) is 10.7 Å². The monoisotopic (exact) mass is 333 g/mol. The van der Waals surface area contributed by atoms with Crippen LogP contribution in [0.5, 0.6) is 0 Å². The lowest BCUT2D eigenvalue weighted by Gasteiger charge is -2.07. The number of aromatic nitrogens is 1. The highest BCUT2D eigenvalue weighted by Crippen LogP contribution is 2.33. The summed E-state index contributed by atoms with van der Waals surface area (Å²) in [6, 6.07) is 0. The fraction of sp³-hybridized carbons (Fsp3) is 0.286. The van der Waals surface area contributed by atoms with E-state index in [2.05, 4.69) is 36.8 Å².